The van der Waals surface area contributed by atoms with E-state index in [0.717, 1.165) is 23.3 Å². The van der Waals surface area contributed by atoms with E-state index in [4.69, 9.17) is 4.74 Å². The van der Waals surface area contributed by atoms with Crippen LogP contribution in [0.25, 0.3) is 0 Å². The lowest BCUT2D eigenvalue weighted by Gasteiger charge is -2.18. The van der Waals surface area contributed by atoms with Gasteiger partial charge < -0.3 is 10.1 Å². The molecular formula is C19H20F3NO2. The zero-order valence-electron chi connectivity index (χ0n) is 14.5. The van der Waals surface area contributed by atoms with Crippen LogP contribution in [0.15, 0.2) is 30.3 Å². The first-order chi connectivity index (χ1) is 11.7. The van der Waals surface area contributed by atoms with E-state index >= 15 is 0 Å². The highest BCUT2D eigenvalue weighted by Crippen LogP contribution is 2.26. The Balaban J connectivity index is 2.14. The number of carbonyl (C=O) groups excluding carboxylic acids is 1. The highest BCUT2D eigenvalue weighted by atomic mass is 19.2. The van der Waals surface area contributed by atoms with E-state index in [1.807, 2.05) is 39.0 Å². The van der Waals surface area contributed by atoms with E-state index in [-0.39, 0.29) is 0 Å². The molecule has 1 atom stereocenters. The van der Waals surface area contributed by atoms with E-state index in [0.29, 0.717) is 11.7 Å². The van der Waals surface area contributed by atoms with Crippen molar-refractivity contribution in [2.75, 3.05) is 5.32 Å². The lowest BCUT2D eigenvalue weighted by atomic mass is 10.0. The third-order valence-corrected chi connectivity index (χ3v) is 3.84. The van der Waals surface area contributed by atoms with Gasteiger partial charge in [-0.3, -0.25) is 4.79 Å². The molecule has 2 rings (SSSR count). The van der Waals surface area contributed by atoms with E-state index in [1.165, 1.54) is 6.92 Å². The Morgan fingerprint density at radius 2 is 1.72 bits per heavy atom. The number of benzene rings is 2. The minimum absolute atomic E-state index is 0.295. The summed E-state index contributed by atoms with van der Waals surface area (Å²) in [6.07, 6.45) is -0.950. The maximum atomic E-state index is 13.6. The molecule has 134 valence electrons. The van der Waals surface area contributed by atoms with Gasteiger partial charge in [-0.25, -0.2) is 13.2 Å². The molecule has 6 heteroatoms. The quantitative estimate of drug-likeness (QED) is 0.775. The van der Waals surface area contributed by atoms with Crippen LogP contribution in [0.2, 0.25) is 0 Å². The van der Waals surface area contributed by atoms with Gasteiger partial charge in [0.25, 0.3) is 5.91 Å². The van der Waals surface area contributed by atoms with Crippen LogP contribution < -0.4 is 10.1 Å². The third-order valence-electron chi connectivity index (χ3n) is 3.84. The predicted octanol–water partition coefficient (Wildman–Crippen LogP) is 4.94. The van der Waals surface area contributed by atoms with Crippen molar-refractivity contribution < 1.29 is 22.7 Å². The first-order valence-electron chi connectivity index (χ1n) is 7.92. The molecular weight excluding hydrogens is 331 g/mol. The second kappa shape index (κ2) is 7.59. The first-order valence-corrected chi connectivity index (χ1v) is 7.92. The monoisotopic (exact) mass is 351 g/mol. The lowest BCUT2D eigenvalue weighted by molar-refractivity contribution is -0.122. The van der Waals surface area contributed by atoms with Crippen molar-refractivity contribution in [2.24, 2.45) is 0 Å². The van der Waals surface area contributed by atoms with Crippen LogP contribution in [0.3, 0.4) is 0 Å². The highest BCUT2D eigenvalue weighted by Gasteiger charge is 2.20. The molecule has 0 fully saturated rings. The van der Waals surface area contributed by atoms with Gasteiger partial charge in [-0.05, 0) is 49.1 Å². The molecule has 0 aromatic heterocycles. The second-order valence-corrected chi connectivity index (χ2v) is 6.15. The van der Waals surface area contributed by atoms with Gasteiger partial charge in [0.15, 0.2) is 23.6 Å². The van der Waals surface area contributed by atoms with Crippen LogP contribution in [0.4, 0.5) is 18.9 Å². The molecule has 0 heterocycles. The van der Waals surface area contributed by atoms with Crippen molar-refractivity contribution in [3.8, 4) is 5.75 Å². The SMILES string of the molecule is Cc1ccc(C(C)C)cc1OC(C)C(=O)Nc1ccc(F)c(F)c1F. The fourth-order valence-corrected chi connectivity index (χ4v) is 2.20. The molecule has 2 aromatic rings. The molecule has 0 aliphatic heterocycles. The van der Waals surface area contributed by atoms with Crippen molar-refractivity contribution in [3.63, 3.8) is 0 Å². The van der Waals surface area contributed by atoms with Crippen molar-refractivity contribution in [1.82, 2.24) is 0 Å². The van der Waals surface area contributed by atoms with Crippen LogP contribution in [0.1, 0.15) is 37.8 Å². The number of hydrogen-bond acceptors (Lipinski definition) is 2. The molecule has 0 aliphatic rings. The van der Waals surface area contributed by atoms with E-state index < -0.39 is 35.2 Å². The molecule has 0 saturated carbocycles. The third kappa shape index (κ3) is 4.32. The molecule has 1 amide bonds. The summed E-state index contributed by atoms with van der Waals surface area (Å²) in [7, 11) is 0. The lowest BCUT2D eigenvalue weighted by Crippen LogP contribution is -2.30. The van der Waals surface area contributed by atoms with Gasteiger partial charge in [0.1, 0.15) is 5.75 Å². The van der Waals surface area contributed by atoms with Gasteiger partial charge in [0.2, 0.25) is 0 Å². The van der Waals surface area contributed by atoms with E-state index in [2.05, 4.69) is 5.32 Å². The van der Waals surface area contributed by atoms with Gasteiger partial charge in [-0.15, -0.1) is 0 Å². The van der Waals surface area contributed by atoms with Crippen molar-refractivity contribution in [2.45, 2.75) is 39.7 Å². The summed E-state index contributed by atoms with van der Waals surface area (Å²) < 4.78 is 45.5. The molecule has 1 N–H and O–H groups in total. The molecule has 25 heavy (non-hydrogen) atoms. The molecule has 0 saturated heterocycles. The standard InChI is InChI=1S/C19H20F3NO2/c1-10(2)13-6-5-11(3)16(9-13)25-12(4)19(24)23-15-8-7-14(20)17(21)18(15)22/h5-10,12H,1-4H3,(H,23,24). The maximum Gasteiger partial charge on any atom is 0.265 e. The molecule has 0 bridgehead atoms. The maximum absolute atomic E-state index is 13.6. The van der Waals surface area contributed by atoms with Crippen LogP contribution in [-0.2, 0) is 4.79 Å². The van der Waals surface area contributed by atoms with Gasteiger partial charge in [0, 0.05) is 0 Å². The summed E-state index contributed by atoms with van der Waals surface area (Å²) in [5.74, 6) is -4.23. The number of nitrogens with one attached hydrogen (secondary N) is 1. The second-order valence-electron chi connectivity index (χ2n) is 6.15. The van der Waals surface area contributed by atoms with E-state index in [9.17, 15) is 18.0 Å². The summed E-state index contributed by atoms with van der Waals surface area (Å²) in [6.45, 7) is 7.42. The Labute approximate surface area is 144 Å². The topological polar surface area (TPSA) is 38.3 Å². The zero-order valence-corrected chi connectivity index (χ0v) is 14.5. The van der Waals surface area contributed by atoms with E-state index in [1.54, 1.807) is 0 Å². The molecule has 0 radical (unpaired) electrons. The minimum atomic E-state index is -1.63. The Morgan fingerprint density at radius 3 is 2.36 bits per heavy atom. The zero-order chi connectivity index (χ0) is 18.7. The smallest absolute Gasteiger partial charge is 0.265 e. The number of ether oxygens (including phenoxy) is 1. The highest BCUT2D eigenvalue weighted by molar-refractivity contribution is 5.94. The largest absolute Gasteiger partial charge is 0.481 e. The Morgan fingerprint density at radius 1 is 1.04 bits per heavy atom. The Hall–Kier alpha value is -2.50. The van der Waals surface area contributed by atoms with Crippen molar-refractivity contribution in [1.29, 1.82) is 0 Å². The van der Waals surface area contributed by atoms with Crippen LogP contribution in [-0.4, -0.2) is 12.0 Å². The number of halogens is 3. The normalized spacial score (nSPS) is 12.2. The minimum Gasteiger partial charge on any atom is -0.481 e. The summed E-state index contributed by atoms with van der Waals surface area (Å²) in [6, 6.07) is 7.43. The Bertz CT molecular complexity index is 790. The van der Waals surface area contributed by atoms with Gasteiger partial charge >= 0.3 is 0 Å². The Kier molecular flexibility index (Phi) is 5.72. The van der Waals surface area contributed by atoms with Crippen LogP contribution >= 0.6 is 0 Å². The number of carbonyl (C=O) groups is 1. The van der Waals surface area contributed by atoms with Gasteiger partial charge in [-0.2, -0.15) is 0 Å². The molecule has 3 nitrogen and oxygen atoms in total. The molecule has 1 unspecified atom stereocenters. The van der Waals surface area contributed by atoms with Crippen molar-refractivity contribution >= 4 is 11.6 Å². The fourth-order valence-electron chi connectivity index (χ4n) is 2.20. The van der Waals surface area contributed by atoms with Crippen LogP contribution in [0, 0.1) is 24.4 Å². The molecule has 0 aliphatic carbocycles. The summed E-state index contributed by atoms with van der Waals surface area (Å²) in [5, 5.41) is 2.21. The predicted molar refractivity (Wildman–Crippen MR) is 90.3 cm³/mol. The summed E-state index contributed by atoms with van der Waals surface area (Å²) >= 11 is 0. The molecule has 2 aromatic carbocycles. The fraction of sp³-hybridized carbons (Fsp3) is 0.316. The molecule has 0 spiro atoms. The average molecular weight is 351 g/mol. The number of rotatable bonds is 5. The van der Waals surface area contributed by atoms with Crippen molar-refractivity contribution in [3.05, 3.63) is 58.9 Å². The number of amides is 1. The number of aryl methyl sites for hydroxylation is 1. The number of hydrogen-bond donors (Lipinski definition) is 1. The first kappa shape index (κ1) is 18.8. The summed E-state index contributed by atoms with van der Waals surface area (Å²) in [5.41, 5.74) is 1.47. The summed E-state index contributed by atoms with van der Waals surface area (Å²) in [4.78, 5) is 12.2. The van der Waals surface area contributed by atoms with Gasteiger partial charge in [0.05, 0.1) is 5.69 Å². The van der Waals surface area contributed by atoms with Gasteiger partial charge in [-0.1, -0.05) is 26.0 Å². The average Bonchev–Trinajstić information content (AvgIpc) is 2.57. The number of anilines is 1. The van der Waals surface area contributed by atoms with Crippen LogP contribution in [0.5, 0.6) is 5.75 Å².